The lowest BCUT2D eigenvalue weighted by Gasteiger charge is -2.29. The highest BCUT2D eigenvalue weighted by atomic mass is 19.1. The second-order valence-electron chi connectivity index (χ2n) is 4.55. The van der Waals surface area contributed by atoms with Crippen molar-refractivity contribution in [2.75, 3.05) is 18.5 Å². The number of nitrogens with two attached hydrogens (primary N) is 1. The van der Waals surface area contributed by atoms with Crippen molar-refractivity contribution in [1.82, 2.24) is 0 Å². The third-order valence-electron chi connectivity index (χ3n) is 3.34. The zero-order chi connectivity index (χ0) is 14.5. The molecule has 0 radical (unpaired) electrons. The largest absolute Gasteiger partial charge is 0.366 e. The molecule has 0 aliphatic rings. The third-order valence-corrected chi connectivity index (χ3v) is 3.34. The maximum atomic E-state index is 13.9. The highest BCUT2D eigenvalue weighted by Gasteiger charge is 2.19. The number of benzene rings is 2. The van der Waals surface area contributed by atoms with E-state index < -0.39 is 0 Å². The van der Waals surface area contributed by atoms with Gasteiger partial charge in [0.05, 0.1) is 17.7 Å². The van der Waals surface area contributed by atoms with Crippen molar-refractivity contribution in [3.63, 3.8) is 0 Å². The molecule has 102 valence electrons. The Kier molecular flexibility index (Phi) is 4.34. The summed E-state index contributed by atoms with van der Waals surface area (Å²) in [6, 6.07) is 15.6. The Balaban J connectivity index is 2.37. The van der Waals surface area contributed by atoms with Crippen LogP contribution in [0.1, 0.15) is 17.2 Å². The van der Waals surface area contributed by atoms with Gasteiger partial charge in [-0.15, -0.1) is 0 Å². The van der Waals surface area contributed by atoms with E-state index in [9.17, 15) is 4.39 Å². The van der Waals surface area contributed by atoms with Crippen LogP contribution in [0.2, 0.25) is 0 Å². The van der Waals surface area contributed by atoms with E-state index in [-0.39, 0.29) is 18.4 Å². The van der Waals surface area contributed by atoms with Gasteiger partial charge in [0.1, 0.15) is 5.82 Å². The number of halogens is 1. The van der Waals surface area contributed by atoms with Gasteiger partial charge in [-0.3, -0.25) is 0 Å². The van der Waals surface area contributed by atoms with Crippen molar-refractivity contribution in [1.29, 1.82) is 5.26 Å². The molecule has 0 heterocycles. The van der Waals surface area contributed by atoms with Crippen LogP contribution in [0.3, 0.4) is 0 Å². The summed E-state index contributed by atoms with van der Waals surface area (Å²) in [4.78, 5) is 1.89. The fourth-order valence-corrected chi connectivity index (χ4v) is 2.21. The second-order valence-corrected chi connectivity index (χ2v) is 4.55. The molecule has 0 bridgehead atoms. The quantitative estimate of drug-likeness (QED) is 0.928. The molecule has 0 saturated heterocycles. The Morgan fingerprint density at radius 2 is 2.00 bits per heavy atom. The molecule has 2 aromatic carbocycles. The van der Waals surface area contributed by atoms with Crippen molar-refractivity contribution < 1.29 is 4.39 Å². The molecule has 0 saturated carbocycles. The van der Waals surface area contributed by atoms with Gasteiger partial charge in [0, 0.05) is 24.8 Å². The second kappa shape index (κ2) is 6.18. The van der Waals surface area contributed by atoms with Gasteiger partial charge in [-0.05, 0) is 24.3 Å². The topological polar surface area (TPSA) is 53.0 Å². The van der Waals surface area contributed by atoms with E-state index in [1.165, 1.54) is 6.07 Å². The summed E-state index contributed by atoms with van der Waals surface area (Å²) in [5.41, 5.74) is 7.77. The molecule has 2 aromatic rings. The van der Waals surface area contributed by atoms with Crippen LogP contribution in [-0.2, 0) is 0 Å². The molecule has 1 atom stereocenters. The number of hydrogen-bond acceptors (Lipinski definition) is 3. The molecular weight excluding hydrogens is 253 g/mol. The lowest BCUT2D eigenvalue weighted by molar-refractivity contribution is 0.573. The number of likely N-dealkylation sites (N-methyl/N-ethyl adjacent to an activating group) is 1. The monoisotopic (exact) mass is 269 g/mol. The zero-order valence-corrected chi connectivity index (χ0v) is 11.3. The number of anilines is 1. The van der Waals surface area contributed by atoms with Gasteiger partial charge in [-0.25, -0.2) is 4.39 Å². The van der Waals surface area contributed by atoms with E-state index in [0.29, 0.717) is 11.1 Å². The SMILES string of the molecule is CN(c1cccc(C#N)c1)C(CN)c1ccccc1F. The summed E-state index contributed by atoms with van der Waals surface area (Å²) >= 11 is 0. The minimum atomic E-state index is -0.273. The van der Waals surface area contributed by atoms with Crippen molar-refractivity contribution in [3.8, 4) is 6.07 Å². The van der Waals surface area contributed by atoms with Crippen LogP contribution in [0, 0.1) is 17.1 Å². The summed E-state index contributed by atoms with van der Waals surface area (Å²) in [5.74, 6) is -0.272. The van der Waals surface area contributed by atoms with Gasteiger partial charge in [-0.2, -0.15) is 5.26 Å². The molecule has 0 fully saturated rings. The Labute approximate surface area is 118 Å². The minimum absolute atomic E-state index is 0.272. The maximum absolute atomic E-state index is 13.9. The Hall–Kier alpha value is -2.38. The fraction of sp³-hybridized carbons (Fsp3) is 0.188. The molecule has 0 aromatic heterocycles. The highest BCUT2D eigenvalue weighted by Crippen LogP contribution is 2.27. The molecule has 1 unspecified atom stereocenters. The van der Waals surface area contributed by atoms with Gasteiger partial charge < -0.3 is 10.6 Å². The molecule has 2 rings (SSSR count). The van der Waals surface area contributed by atoms with Gasteiger partial charge in [0.2, 0.25) is 0 Å². The molecule has 0 amide bonds. The van der Waals surface area contributed by atoms with E-state index in [4.69, 9.17) is 11.0 Å². The molecule has 20 heavy (non-hydrogen) atoms. The fourth-order valence-electron chi connectivity index (χ4n) is 2.21. The van der Waals surface area contributed by atoms with Crippen LogP contribution >= 0.6 is 0 Å². The van der Waals surface area contributed by atoms with Crippen molar-refractivity contribution >= 4 is 5.69 Å². The van der Waals surface area contributed by atoms with Crippen LogP contribution in [0.25, 0.3) is 0 Å². The minimum Gasteiger partial charge on any atom is -0.366 e. The number of nitriles is 1. The Morgan fingerprint density at radius 1 is 1.25 bits per heavy atom. The van der Waals surface area contributed by atoms with Gasteiger partial charge in [-0.1, -0.05) is 24.3 Å². The first-order chi connectivity index (χ1) is 9.67. The molecule has 3 nitrogen and oxygen atoms in total. The first-order valence-electron chi connectivity index (χ1n) is 6.35. The predicted octanol–water partition coefficient (Wildman–Crippen LogP) is 2.83. The van der Waals surface area contributed by atoms with Crippen molar-refractivity contribution in [2.45, 2.75) is 6.04 Å². The summed E-state index contributed by atoms with van der Waals surface area (Å²) in [6.07, 6.45) is 0. The Morgan fingerprint density at radius 3 is 2.65 bits per heavy atom. The zero-order valence-electron chi connectivity index (χ0n) is 11.3. The van der Waals surface area contributed by atoms with Crippen LogP contribution in [0.5, 0.6) is 0 Å². The van der Waals surface area contributed by atoms with E-state index in [2.05, 4.69) is 6.07 Å². The van der Waals surface area contributed by atoms with Gasteiger partial charge >= 0.3 is 0 Å². The standard InChI is InChI=1S/C16H16FN3/c1-20(13-6-4-5-12(9-13)10-18)16(11-19)14-7-2-3-8-15(14)17/h2-9,16H,11,19H2,1H3. The molecular formula is C16H16FN3. The van der Waals surface area contributed by atoms with E-state index in [1.54, 1.807) is 36.4 Å². The molecule has 0 spiro atoms. The van der Waals surface area contributed by atoms with E-state index in [1.807, 2.05) is 18.0 Å². The Bertz CT molecular complexity index is 634. The number of nitrogens with zero attached hydrogens (tertiary/aromatic N) is 2. The van der Waals surface area contributed by atoms with Gasteiger partial charge in [0.15, 0.2) is 0 Å². The van der Waals surface area contributed by atoms with E-state index >= 15 is 0 Å². The molecule has 0 aliphatic heterocycles. The predicted molar refractivity (Wildman–Crippen MR) is 77.8 cm³/mol. The summed E-state index contributed by atoms with van der Waals surface area (Å²) in [7, 11) is 1.85. The van der Waals surface area contributed by atoms with E-state index in [0.717, 1.165) is 5.69 Å². The van der Waals surface area contributed by atoms with Crippen molar-refractivity contribution in [3.05, 3.63) is 65.5 Å². The summed E-state index contributed by atoms with van der Waals surface area (Å²) in [6.45, 7) is 0.286. The lowest BCUT2D eigenvalue weighted by atomic mass is 10.0. The van der Waals surface area contributed by atoms with Crippen LogP contribution in [0.4, 0.5) is 10.1 Å². The first-order valence-corrected chi connectivity index (χ1v) is 6.35. The third kappa shape index (κ3) is 2.79. The number of rotatable bonds is 4. The first kappa shape index (κ1) is 14.0. The smallest absolute Gasteiger partial charge is 0.128 e. The average molecular weight is 269 g/mol. The van der Waals surface area contributed by atoms with Gasteiger partial charge in [0.25, 0.3) is 0 Å². The lowest BCUT2D eigenvalue weighted by Crippen LogP contribution is -2.31. The molecule has 0 aliphatic carbocycles. The maximum Gasteiger partial charge on any atom is 0.128 e. The molecule has 4 heteroatoms. The van der Waals surface area contributed by atoms with Crippen LogP contribution < -0.4 is 10.6 Å². The average Bonchev–Trinajstić information content (AvgIpc) is 2.49. The van der Waals surface area contributed by atoms with Crippen LogP contribution in [-0.4, -0.2) is 13.6 Å². The highest BCUT2D eigenvalue weighted by molar-refractivity contribution is 5.52. The molecule has 2 N–H and O–H groups in total. The summed E-state index contributed by atoms with van der Waals surface area (Å²) in [5, 5.41) is 8.95. The summed E-state index contributed by atoms with van der Waals surface area (Å²) < 4.78 is 13.9. The van der Waals surface area contributed by atoms with Crippen molar-refractivity contribution in [2.24, 2.45) is 5.73 Å². The number of hydrogen-bond donors (Lipinski definition) is 1. The normalized spacial score (nSPS) is 11.7. The van der Waals surface area contributed by atoms with Crippen LogP contribution in [0.15, 0.2) is 48.5 Å².